The van der Waals surface area contributed by atoms with E-state index in [2.05, 4.69) is 32.7 Å². The summed E-state index contributed by atoms with van der Waals surface area (Å²) < 4.78 is 7.07. The van der Waals surface area contributed by atoms with E-state index < -0.39 is 6.10 Å². The number of carbonyl (C=O) groups excluding carboxylic acids is 1. The standard InChI is InChI=1S/C33H40N8O4/c42-23-28(43)21-41-22-29(31(38-41)25-6-8-26(9-7-25)36-33(44)40-13-1-2-14-40)30-10-12-34-32(37-30)35-27-5-3-4-24(20-27)11-15-39-16-18-45-19-17-39/h3-10,12,20,22,28,42-43H,1-2,11,13-19,21,23H2,(H,36,44)(H,34,35,37). The number of aromatic nitrogens is 4. The van der Waals surface area contributed by atoms with E-state index >= 15 is 0 Å². The van der Waals surface area contributed by atoms with Crippen molar-refractivity contribution in [1.29, 1.82) is 0 Å². The van der Waals surface area contributed by atoms with Crippen molar-refractivity contribution in [2.24, 2.45) is 0 Å². The fraction of sp³-hybridized carbons (Fsp3) is 0.394. The lowest BCUT2D eigenvalue weighted by Crippen LogP contribution is -2.37. The second-order valence-electron chi connectivity index (χ2n) is 11.4. The number of anilines is 3. The lowest BCUT2D eigenvalue weighted by molar-refractivity contribution is 0.0384. The molecule has 0 spiro atoms. The number of ether oxygens (including phenoxy) is 1. The Morgan fingerprint density at radius 2 is 1.80 bits per heavy atom. The molecule has 2 aromatic heterocycles. The molecule has 2 aromatic carbocycles. The van der Waals surface area contributed by atoms with E-state index in [1.807, 2.05) is 53.6 Å². The molecule has 4 aromatic rings. The Labute approximate surface area is 262 Å². The van der Waals surface area contributed by atoms with Crippen molar-refractivity contribution in [3.05, 3.63) is 72.6 Å². The Bertz CT molecular complexity index is 1570. The first-order chi connectivity index (χ1) is 22.0. The molecule has 4 heterocycles. The zero-order valence-corrected chi connectivity index (χ0v) is 25.3. The van der Waals surface area contributed by atoms with E-state index in [4.69, 9.17) is 14.8 Å². The van der Waals surface area contributed by atoms with Crippen LogP contribution in [0.1, 0.15) is 18.4 Å². The molecule has 6 rings (SSSR count). The molecule has 1 unspecified atom stereocenters. The van der Waals surface area contributed by atoms with E-state index in [1.165, 1.54) is 5.56 Å². The van der Waals surface area contributed by atoms with Crippen LogP contribution in [0.5, 0.6) is 0 Å². The van der Waals surface area contributed by atoms with Crippen LogP contribution in [0.2, 0.25) is 0 Å². The SMILES string of the molecule is O=C(Nc1ccc(-c2nn(CC(O)CO)cc2-c2ccnc(Nc3cccc(CCN4CCOCC4)c3)n2)cc1)N1CCCC1. The van der Waals surface area contributed by atoms with Crippen LogP contribution in [-0.4, -0.2) is 104 Å². The molecule has 12 heteroatoms. The average Bonchev–Trinajstić information content (AvgIpc) is 3.76. The molecule has 0 saturated carbocycles. The maximum atomic E-state index is 12.6. The van der Waals surface area contributed by atoms with Crippen molar-refractivity contribution in [1.82, 2.24) is 29.5 Å². The van der Waals surface area contributed by atoms with E-state index in [-0.39, 0.29) is 19.2 Å². The largest absolute Gasteiger partial charge is 0.394 e. The lowest BCUT2D eigenvalue weighted by Gasteiger charge is -2.26. The van der Waals surface area contributed by atoms with Gasteiger partial charge in [0.25, 0.3) is 0 Å². The summed E-state index contributed by atoms with van der Waals surface area (Å²) in [7, 11) is 0. The molecule has 45 heavy (non-hydrogen) atoms. The van der Waals surface area contributed by atoms with Gasteiger partial charge >= 0.3 is 6.03 Å². The number of amides is 2. The summed E-state index contributed by atoms with van der Waals surface area (Å²) in [6, 6.07) is 17.5. The Kier molecular flexibility index (Phi) is 9.96. The Morgan fingerprint density at radius 3 is 2.58 bits per heavy atom. The highest BCUT2D eigenvalue weighted by atomic mass is 16.5. The minimum Gasteiger partial charge on any atom is -0.394 e. The number of likely N-dealkylation sites (tertiary alicyclic amines) is 1. The number of morpholine rings is 1. The third-order valence-electron chi connectivity index (χ3n) is 8.11. The summed E-state index contributed by atoms with van der Waals surface area (Å²) in [6.07, 6.45) is 5.57. The topological polar surface area (TPSA) is 141 Å². The van der Waals surface area contributed by atoms with Crippen LogP contribution in [0.4, 0.5) is 22.1 Å². The first-order valence-electron chi connectivity index (χ1n) is 15.6. The fourth-order valence-electron chi connectivity index (χ4n) is 5.64. The van der Waals surface area contributed by atoms with Gasteiger partial charge in [0.2, 0.25) is 5.95 Å². The average molecular weight is 613 g/mol. The van der Waals surface area contributed by atoms with E-state index in [9.17, 15) is 15.0 Å². The molecule has 2 saturated heterocycles. The number of hydrogen-bond donors (Lipinski definition) is 4. The number of nitrogens with one attached hydrogen (secondary N) is 2. The smallest absolute Gasteiger partial charge is 0.321 e. The number of aliphatic hydroxyl groups is 2. The zero-order valence-electron chi connectivity index (χ0n) is 25.3. The van der Waals surface area contributed by atoms with Crippen LogP contribution < -0.4 is 10.6 Å². The molecular formula is C33H40N8O4. The van der Waals surface area contributed by atoms with E-state index in [0.29, 0.717) is 23.0 Å². The number of rotatable bonds is 11. The number of hydrogen-bond acceptors (Lipinski definition) is 9. The molecule has 2 fully saturated rings. The number of aliphatic hydroxyl groups excluding tert-OH is 2. The van der Waals surface area contributed by atoms with Crippen LogP contribution in [0.15, 0.2) is 67.0 Å². The highest BCUT2D eigenvalue weighted by Crippen LogP contribution is 2.31. The number of benzene rings is 2. The van der Waals surface area contributed by atoms with Crippen molar-refractivity contribution < 1.29 is 19.7 Å². The van der Waals surface area contributed by atoms with Crippen LogP contribution in [0.3, 0.4) is 0 Å². The quantitative estimate of drug-likeness (QED) is 0.200. The zero-order chi connectivity index (χ0) is 31.0. The number of nitrogens with zero attached hydrogens (tertiary/aromatic N) is 6. The summed E-state index contributed by atoms with van der Waals surface area (Å²) in [5.74, 6) is 0.451. The summed E-state index contributed by atoms with van der Waals surface area (Å²) in [5, 5.41) is 30.6. The predicted molar refractivity (Wildman–Crippen MR) is 172 cm³/mol. The van der Waals surface area contributed by atoms with Crippen molar-refractivity contribution >= 4 is 23.4 Å². The van der Waals surface area contributed by atoms with Crippen LogP contribution in [0, 0.1) is 0 Å². The molecule has 236 valence electrons. The van der Waals surface area contributed by atoms with E-state index in [0.717, 1.165) is 82.0 Å². The summed E-state index contributed by atoms with van der Waals surface area (Å²) in [5.41, 5.74) is 5.72. The van der Waals surface area contributed by atoms with Crippen molar-refractivity contribution in [2.45, 2.75) is 31.9 Å². The van der Waals surface area contributed by atoms with Gasteiger partial charge in [-0.3, -0.25) is 9.58 Å². The molecule has 2 amide bonds. The molecule has 4 N–H and O–H groups in total. The highest BCUT2D eigenvalue weighted by molar-refractivity contribution is 5.90. The first-order valence-corrected chi connectivity index (χ1v) is 15.6. The van der Waals surface area contributed by atoms with Gasteiger partial charge < -0.3 is 30.5 Å². The summed E-state index contributed by atoms with van der Waals surface area (Å²) in [6.45, 7) is 5.82. The second kappa shape index (κ2) is 14.6. The summed E-state index contributed by atoms with van der Waals surface area (Å²) in [4.78, 5) is 26.1. The molecule has 0 aliphatic carbocycles. The van der Waals surface area contributed by atoms with Gasteiger partial charge in [-0.15, -0.1) is 0 Å². The number of carbonyl (C=O) groups is 1. The van der Waals surface area contributed by atoms with Crippen molar-refractivity contribution in [3.63, 3.8) is 0 Å². The monoisotopic (exact) mass is 612 g/mol. The lowest BCUT2D eigenvalue weighted by atomic mass is 10.1. The molecule has 1 atom stereocenters. The minimum atomic E-state index is -0.952. The van der Waals surface area contributed by atoms with E-state index in [1.54, 1.807) is 10.9 Å². The van der Waals surface area contributed by atoms with Crippen LogP contribution >= 0.6 is 0 Å². The molecular weight excluding hydrogens is 572 g/mol. The van der Waals surface area contributed by atoms with Gasteiger partial charge in [-0.05, 0) is 55.2 Å². The van der Waals surface area contributed by atoms with Gasteiger partial charge in [-0.2, -0.15) is 5.10 Å². The van der Waals surface area contributed by atoms with Gasteiger partial charge in [0.1, 0.15) is 5.69 Å². The molecule has 2 aliphatic rings. The Balaban J connectivity index is 1.20. The van der Waals surface area contributed by atoms with Crippen molar-refractivity contribution in [2.75, 3.05) is 63.2 Å². The first kappa shape index (κ1) is 30.7. The number of urea groups is 1. The minimum absolute atomic E-state index is 0.0909. The van der Waals surface area contributed by atoms with Crippen LogP contribution in [-0.2, 0) is 17.7 Å². The van der Waals surface area contributed by atoms with Gasteiger partial charge in [-0.1, -0.05) is 24.3 Å². The highest BCUT2D eigenvalue weighted by Gasteiger charge is 2.19. The normalized spacial score (nSPS) is 16.1. The van der Waals surface area contributed by atoms with Crippen molar-refractivity contribution in [3.8, 4) is 22.5 Å². The van der Waals surface area contributed by atoms with Crippen LogP contribution in [0.25, 0.3) is 22.5 Å². The maximum Gasteiger partial charge on any atom is 0.321 e. The van der Waals surface area contributed by atoms with Gasteiger partial charge in [0.15, 0.2) is 0 Å². The Morgan fingerprint density at radius 1 is 1.00 bits per heavy atom. The fourth-order valence-corrected chi connectivity index (χ4v) is 5.64. The second-order valence-corrected chi connectivity index (χ2v) is 11.4. The Hall–Kier alpha value is -4.36. The molecule has 12 nitrogen and oxygen atoms in total. The molecule has 2 aliphatic heterocycles. The van der Waals surface area contributed by atoms with Gasteiger partial charge in [0.05, 0.1) is 38.2 Å². The predicted octanol–water partition coefficient (Wildman–Crippen LogP) is 3.61. The van der Waals surface area contributed by atoms with Gasteiger partial charge in [-0.25, -0.2) is 14.8 Å². The van der Waals surface area contributed by atoms with Gasteiger partial charge in [0, 0.05) is 67.6 Å². The third kappa shape index (κ3) is 8.03. The summed E-state index contributed by atoms with van der Waals surface area (Å²) >= 11 is 0. The molecule has 0 bridgehead atoms. The molecule has 0 radical (unpaired) electrons. The third-order valence-corrected chi connectivity index (χ3v) is 8.11. The maximum absolute atomic E-state index is 12.6.